The van der Waals surface area contributed by atoms with Crippen LogP contribution in [0.2, 0.25) is 0 Å². The van der Waals surface area contributed by atoms with Crippen LogP contribution in [-0.2, 0) is 16.1 Å². The molecule has 16 heavy (non-hydrogen) atoms. The first-order valence-corrected chi connectivity index (χ1v) is 5.45. The highest BCUT2D eigenvalue weighted by atomic mass is 16.5. The summed E-state index contributed by atoms with van der Waals surface area (Å²) < 4.78 is 10.3. The molecule has 2 heterocycles. The molecular formula is C11H16N2O3. The van der Waals surface area contributed by atoms with Crippen molar-refractivity contribution in [1.82, 2.24) is 10.2 Å². The Morgan fingerprint density at radius 3 is 2.94 bits per heavy atom. The number of morpholine rings is 1. The minimum atomic E-state index is 0.120. The van der Waals surface area contributed by atoms with E-state index in [9.17, 15) is 4.79 Å². The number of hydrogen-bond acceptors (Lipinski definition) is 4. The first-order chi connectivity index (χ1) is 7.86. The monoisotopic (exact) mass is 224 g/mol. The van der Waals surface area contributed by atoms with Gasteiger partial charge in [0.1, 0.15) is 5.76 Å². The van der Waals surface area contributed by atoms with Crippen LogP contribution >= 0.6 is 0 Å². The smallest absolute Gasteiger partial charge is 0.236 e. The Kier molecular flexibility index (Phi) is 3.96. The molecule has 0 atom stereocenters. The second-order valence-corrected chi connectivity index (χ2v) is 3.68. The van der Waals surface area contributed by atoms with Gasteiger partial charge in [-0.15, -0.1) is 0 Å². The number of carbonyl (C=O) groups excluding carboxylic acids is 1. The maximum atomic E-state index is 11.7. The summed E-state index contributed by atoms with van der Waals surface area (Å²) in [6.45, 7) is 3.61. The zero-order valence-electron chi connectivity index (χ0n) is 9.15. The highest BCUT2D eigenvalue weighted by Gasteiger charge is 2.15. The summed E-state index contributed by atoms with van der Waals surface area (Å²) in [5, 5.41) is 3.06. The van der Waals surface area contributed by atoms with E-state index in [0.717, 1.165) is 5.76 Å². The predicted octanol–water partition coefficient (Wildman–Crippen LogP) is 0.228. The lowest BCUT2D eigenvalue weighted by atomic mass is 10.4. The number of furan rings is 1. The Bertz CT molecular complexity index is 318. The number of amides is 1. The van der Waals surface area contributed by atoms with Crippen molar-refractivity contribution in [2.45, 2.75) is 6.54 Å². The van der Waals surface area contributed by atoms with E-state index >= 15 is 0 Å². The van der Waals surface area contributed by atoms with E-state index in [1.807, 2.05) is 17.0 Å². The third kappa shape index (κ3) is 3.08. The minimum absolute atomic E-state index is 0.120. The van der Waals surface area contributed by atoms with E-state index in [0.29, 0.717) is 39.4 Å². The van der Waals surface area contributed by atoms with Crippen molar-refractivity contribution in [2.24, 2.45) is 0 Å². The Hall–Kier alpha value is -1.33. The molecule has 1 aromatic rings. The number of hydrogen-bond donors (Lipinski definition) is 1. The summed E-state index contributed by atoms with van der Waals surface area (Å²) in [5.41, 5.74) is 0. The van der Waals surface area contributed by atoms with Crippen molar-refractivity contribution in [3.05, 3.63) is 24.2 Å². The van der Waals surface area contributed by atoms with Gasteiger partial charge in [-0.25, -0.2) is 0 Å². The summed E-state index contributed by atoms with van der Waals surface area (Å²) in [5.74, 6) is 0.963. The quantitative estimate of drug-likeness (QED) is 0.795. The Labute approximate surface area is 94.4 Å². The van der Waals surface area contributed by atoms with Crippen LogP contribution in [0, 0.1) is 0 Å². The normalized spacial score (nSPS) is 16.4. The summed E-state index contributed by atoms with van der Waals surface area (Å²) in [4.78, 5) is 13.5. The summed E-state index contributed by atoms with van der Waals surface area (Å²) in [6.07, 6.45) is 1.63. The molecule has 1 aliphatic rings. The molecule has 2 rings (SSSR count). The molecule has 1 fully saturated rings. The van der Waals surface area contributed by atoms with Crippen LogP contribution in [0.3, 0.4) is 0 Å². The van der Waals surface area contributed by atoms with E-state index in [1.165, 1.54) is 0 Å². The van der Waals surface area contributed by atoms with E-state index < -0.39 is 0 Å². The van der Waals surface area contributed by atoms with Crippen LogP contribution < -0.4 is 5.32 Å². The molecule has 1 N–H and O–H groups in total. The van der Waals surface area contributed by atoms with E-state index in [4.69, 9.17) is 9.15 Å². The number of nitrogens with one attached hydrogen (secondary N) is 1. The molecule has 1 saturated heterocycles. The van der Waals surface area contributed by atoms with Gasteiger partial charge >= 0.3 is 0 Å². The van der Waals surface area contributed by atoms with Crippen molar-refractivity contribution in [3.63, 3.8) is 0 Å². The Morgan fingerprint density at radius 1 is 1.44 bits per heavy atom. The molecule has 0 spiro atoms. The largest absolute Gasteiger partial charge is 0.468 e. The molecule has 0 aromatic carbocycles. The van der Waals surface area contributed by atoms with Crippen LogP contribution in [0.4, 0.5) is 0 Å². The van der Waals surface area contributed by atoms with Crippen LogP contribution in [0.15, 0.2) is 22.8 Å². The topological polar surface area (TPSA) is 54.7 Å². The van der Waals surface area contributed by atoms with Crippen LogP contribution in [-0.4, -0.2) is 43.7 Å². The minimum Gasteiger partial charge on any atom is -0.468 e. The molecule has 1 aliphatic heterocycles. The average molecular weight is 224 g/mol. The fraction of sp³-hybridized carbons (Fsp3) is 0.545. The van der Waals surface area contributed by atoms with Crippen molar-refractivity contribution < 1.29 is 13.9 Å². The van der Waals surface area contributed by atoms with Crippen LogP contribution in [0.1, 0.15) is 5.76 Å². The molecule has 0 saturated carbocycles. The van der Waals surface area contributed by atoms with Gasteiger partial charge in [0.2, 0.25) is 5.91 Å². The summed E-state index contributed by atoms with van der Waals surface area (Å²) in [7, 11) is 0. The van der Waals surface area contributed by atoms with Crippen molar-refractivity contribution in [2.75, 3.05) is 32.8 Å². The van der Waals surface area contributed by atoms with Gasteiger partial charge in [-0.2, -0.15) is 0 Å². The van der Waals surface area contributed by atoms with Crippen molar-refractivity contribution in [1.29, 1.82) is 0 Å². The zero-order valence-corrected chi connectivity index (χ0v) is 9.15. The van der Waals surface area contributed by atoms with Gasteiger partial charge in [-0.05, 0) is 12.1 Å². The van der Waals surface area contributed by atoms with Gasteiger partial charge in [0.05, 0.1) is 32.6 Å². The fourth-order valence-electron chi connectivity index (χ4n) is 1.63. The lowest BCUT2D eigenvalue weighted by Gasteiger charge is -2.26. The maximum Gasteiger partial charge on any atom is 0.236 e. The lowest BCUT2D eigenvalue weighted by molar-refractivity contribution is -0.134. The molecule has 1 aromatic heterocycles. The standard InChI is InChI=1S/C11H16N2O3/c14-11(13-3-6-15-7-4-13)9-12-8-10-2-1-5-16-10/h1-2,5,12H,3-4,6-9H2. The molecule has 1 amide bonds. The SMILES string of the molecule is O=C(CNCc1ccco1)N1CCOCC1. The van der Waals surface area contributed by atoms with Crippen molar-refractivity contribution >= 4 is 5.91 Å². The molecule has 88 valence electrons. The first kappa shape index (κ1) is 11.2. The third-order valence-electron chi connectivity index (χ3n) is 2.52. The fourth-order valence-corrected chi connectivity index (χ4v) is 1.63. The molecule has 0 radical (unpaired) electrons. The Morgan fingerprint density at radius 2 is 2.25 bits per heavy atom. The van der Waals surface area contributed by atoms with Crippen molar-refractivity contribution in [3.8, 4) is 0 Å². The molecular weight excluding hydrogens is 208 g/mol. The maximum absolute atomic E-state index is 11.7. The van der Waals surface area contributed by atoms with E-state index in [1.54, 1.807) is 6.26 Å². The molecule has 5 nitrogen and oxygen atoms in total. The highest BCUT2D eigenvalue weighted by molar-refractivity contribution is 5.78. The summed E-state index contributed by atoms with van der Waals surface area (Å²) in [6, 6.07) is 3.72. The second-order valence-electron chi connectivity index (χ2n) is 3.68. The Balaban J connectivity index is 1.67. The lowest BCUT2D eigenvalue weighted by Crippen LogP contribution is -2.44. The van der Waals surface area contributed by atoms with Gasteiger partial charge in [0, 0.05) is 13.1 Å². The number of nitrogens with zero attached hydrogens (tertiary/aromatic N) is 1. The van der Waals surface area contributed by atoms with E-state index in [-0.39, 0.29) is 5.91 Å². The molecule has 0 unspecified atom stereocenters. The first-order valence-electron chi connectivity index (χ1n) is 5.45. The zero-order chi connectivity index (χ0) is 11.2. The molecule has 5 heteroatoms. The number of ether oxygens (including phenoxy) is 1. The van der Waals surface area contributed by atoms with Gasteiger partial charge < -0.3 is 19.4 Å². The summed E-state index contributed by atoms with van der Waals surface area (Å²) >= 11 is 0. The molecule has 0 aliphatic carbocycles. The van der Waals surface area contributed by atoms with Gasteiger partial charge in [0.15, 0.2) is 0 Å². The van der Waals surface area contributed by atoms with Crippen LogP contribution in [0.5, 0.6) is 0 Å². The van der Waals surface area contributed by atoms with E-state index in [2.05, 4.69) is 5.32 Å². The average Bonchev–Trinajstić information content (AvgIpc) is 2.83. The second kappa shape index (κ2) is 5.67. The molecule has 0 bridgehead atoms. The highest BCUT2D eigenvalue weighted by Crippen LogP contribution is 1.99. The van der Waals surface area contributed by atoms with Gasteiger partial charge in [0.25, 0.3) is 0 Å². The number of carbonyl (C=O) groups is 1. The van der Waals surface area contributed by atoms with Gasteiger partial charge in [-0.3, -0.25) is 4.79 Å². The predicted molar refractivity (Wildman–Crippen MR) is 57.8 cm³/mol. The third-order valence-corrected chi connectivity index (χ3v) is 2.52. The van der Waals surface area contributed by atoms with Gasteiger partial charge in [-0.1, -0.05) is 0 Å². The number of rotatable bonds is 4. The van der Waals surface area contributed by atoms with Crippen LogP contribution in [0.25, 0.3) is 0 Å².